The minimum absolute atomic E-state index is 0.116. The van der Waals surface area contributed by atoms with Crippen LogP contribution < -0.4 is 16.0 Å². The highest BCUT2D eigenvalue weighted by molar-refractivity contribution is 5.96. The molecule has 0 saturated heterocycles. The van der Waals surface area contributed by atoms with Crippen molar-refractivity contribution in [2.75, 3.05) is 18.5 Å². The maximum absolute atomic E-state index is 12.9. The number of anilines is 1. The molecular formula is C23H31FN4O10. The van der Waals surface area contributed by atoms with Gasteiger partial charge in [-0.05, 0) is 56.9 Å². The second kappa shape index (κ2) is 15.2. The van der Waals surface area contributed by atoms with Crippen LogP contribution in [0.3, 0.4) is 0 Å². The van der Waals surface area contributed by atoms with Gasteiger partial charge >= 0.3 is 18.0 Å². The van der Waals surface area contributed by atoms with Crippen LogP contribution in [-0.2, 0) is 19.2 Å². The maximum atomic E-state index is 12.9. The smallest absolute Gasteiger partial charge is 0.342 e. The molecule has 0 radical (unpaired) electrons. The van der Waals surface area contributed by atoms with Gasteiger partial charge in [-0.15, -0.1) is 0 Å². The minimum atomic E-state index is -2.11. The Labute approximate surface area is 216 Å². The van der Waals surface area contributed by atoms with E-state index in [2.05, 4.69) is 10.6 Å². The molecule has 0 saturated carbocycles. The van der Waals surface area contributed by atoms with Gasteiger partial charge in [0.15, 0.2) is 12.5 Å². The number of benzene rings is 1. The number of hydrogen-bond acceptors (Lipinski definition) is 8. The number of urea groups is 1. The number of aldehydes is 1. The van der Waals surface area contributed by atoms with Gasteiger partial charge in [-0.2, -0.15) is 5.06 Å². The van der Waals surface area contributed by atoms with Gasteiger partial charge in [0.25, 0.3) is 11.8 Å². The quantitative estimate of drug-likeness (QED) is 0.0664. The van der Waals surface area contributed by atoms with Crippen LogP contribution in [0.1, 0.15) is 49.4 Å². The normalized spacial score (nSPS) is 13.8. The fraction of sp³-hybridized carbons (Fsp3) is 0.478. The van der Waals surface area contributed by atoms with E-state index in [4.69, 9.17) is 10.2 Å². The molecule has 14 nitrogen and oxygen atoms in total. The first-order valence-corrected chi connectivity index (χ1v) is 11.5. The zero-order valence-electron chi connectivity index (χ0n) is 20.6. The molecule has 210 valence electrons. The van der Waals surface area contributed by atoms with Crippen LogP contribution in [0.4, 0.5) is 14.9 Å². The lowest BCUT2D eigenvalue weighted by atomic mass is 9.94. The fourth-order valence-electron chi connectivity index (χ4n) is 3.14. The zero-order chi connectivity index (χ0) is 28.9. The number of unbranched alkanes of at least 4 members (excludes halogenated alkanes) is 1. The average Bonchev–Trinajstić information content (AvgIpc) is 2.88. The number of nitrogens with one attached hydrogen (secondary N) is 3. The predicted molar refractivity (Wildman–Crippen MR) is 128 cm³/mol. The molecule has 1 aromatic carbocycles. The summed E-state index contributed by atoms with van der Waals surface area (Å²) in [7, 11) is 0. The lowest BCUT2D eigenvalue weighted by Crippen LogP contribution is -2.59. The molecule has 0 heterocycles. The molecule has 1 aromatic rings. The van der Waals surface area contributed by atoms with Gasteiger partial charge in [0.05, 0.1) is 6.61 Å². The number of carbonyl (C=O) groups excluding carboxylic acids is 4. The van der Waals surface area contributed by atoms with Crippen molar-refractivity contribution in [2.45, 2.75) is 56.8 Å². The number of nitrogens with zero attached hydrogens (tertiary/aromatic N) is 1. The molecule has 0 bridgehead atoms. The summed E-state index contributed by atoms with van der Waals surface area (Å²) in [4.78, 5) is 69.5. The highest BCUT2D eigenvalue weighted by atomic mass is 19.1. The Morgan fingerprint density at radius 2 is 1.74 bits per heavy atom. The number of hydroxylamine groups is 2. The topological polar surface area (TPSA) is 223 Å². The van der Waals surface area contributed by atoms with Crippen LogP contribution in [0.25, 0.3) is 0 Å². The number of aliphatic hydroxyl groups excluding tert-OH is 1. The predicted octanol–water partition coefficient (Wildman–Crippen LogP) is 0.532. The van der Waals surface area contributed by atoms with Crippen LogP contribution >= 0.6 is 0 Å². The molecule has 1 rings (SSSR count). The van der Waals surface area contributed by atoms with E-state index in [1.54, 1.807) is 0 Å². The zero-order valence-corrected chi connectivity index (χ0v) is 20.6. The van der Waals surface area contributed by atoms with Gasteiger partial charge < -0.3 is 36.1 Å². The van der Waals surface area contributed by atoms with Gasteiger partial charge in [0.1, 0.15) is 11.6 Å². The van der Waals surface area contributed by atoms with Crippen LogP contribution in [0.2, 0.25) is 0 Å². The maximum Gasteiger partial charge on any atom is 0.342 e. The summed E-state index contributed by atoms with van der Waals surface area (Å²) in [6, 6.07) is 2.60. The molecule has 0 aliphatic carbocycles. The van der Waals surface area contributed by atoms with Crippen molar-refractivity contribution in [3.05, 3.63) is 29.8 Å². The molecule has 38 heavy (non-hydrogen) atoms. The molecule has 0 aliphatic rings. The second-order valence-corrected chi connectivity index (χ2v) is 8.36. The molecule has 0 aliphatic heterocycles. The first kappa shape index (κ1) is 31.9. The molecule has 15 heteroatoms. The van der Waals surface area contributed by atoms with E-state index < -0.39 is 67.0 Å². The number of aliphatic hydroxyl groups is 1. The van der Waals surface area contributed by atoms with E-state index in [9.17, 15) is 43.5 Å². The highest BCUT2D eigenvalue weighted by Gasteiger charge is 2.40. The molecule has 4 amide bonds. The molecule has 0 aromatic heterocycles. The Morgan fingerprint density at radius 1 is 1.11 bits per heavy atom. The van der Waals surface area contributed by atoms with Crippen LogP contribution in [0, 0.1) is 0 Å². The fourth-order valence-corrected chi connectivity index (χ4v) is 3.14. The lowest BCUT2D eigenvalue weighted by Gasteiger charge is -2.34. The molecule has 2 unspecified atom stereocenters. The summed E-state index contributed by atoms with van der Waals surface area (Å²) in [6.45, 7) is 0.207. The monoisotopic (exact) mass is 542 g/mol. The third-order valence-electron chi connectivity index (χ3n) is 5.45. The SMILES string of the molecule is CC(F)C(=O)Nc1ccc(C(=O)NCCCCC(C=O)(CO)N(O)C(=O)N[C@@H](CCC(=O)O)C(=O)O)cc1. The van der Waals surface area contributed by atoms with Gasteiger partial charge in [0.2, 0.25) is 0 Å². The van der Waals surface area contributed by atoms with Crippen molar-refractivity contribution < 1.29 is 53.7 Å². The van der Waals surface area contributed by atoms with E-state index in [1.165, 1.54) is 24.3 Å². The Morgan fingerprint density at radius 3 is 2.24 bits per heavy atom. The number of alkyl halides is 1. The summed E-state index contributed by atoms with van der Waals surface area (Å²) >= 11 is 0. The van der Waals surface area contributed by atoms with Crippen LogP contribution in [-0.4, -0.2) is 92.6 Å². The van der Waals surface area contributed by atoms with Crippen LogP contribution in [0.5, 0.6) is 0 Å². The number of carbonyl (C=O) groups is 6. The van der Waals surface area contributed by atoms with Crippen molar-refractivity contribution in [3.8, 4) is 0 Å². The third-order valence-corrected chi connectivity index (χ3v) is 5.45. The van der Waals surface area contributed by atoms with Gasteiger partial charge in [-0.1, -0.05) is 0 Å². The Kier molecular flexibility index (Phi) is 12.8. The first-order valence-electron chi connectivity index (χ1n) is 11.5. The van der Waals surface area contributed by atoms with Gasteiger partial charge in [-0.3, -0.25) is 19.6 Å². The van der Waals surface area contributed by atoms with Crippen molar-refractivity contribution in [1.29, 1.82) is 0 Å². The number of hydrogen-bond donors (Lipinski definition) is 7. The molecular weight excluding hydrogens is 511 g/mol. The number of halogens is 1. The van der Waals surface area contributed by atoms with Crippen molar-refractivity contribution in [2.24, 2.45) is 0 Å². The van der Waals surface area contributed by atoms with E-state index >= 15 is 0 Å². The van der Waals surface area contributed by atoms with Gasteiger partial charge in [0, 0.05) is 24.2 Å². The van der Waals surface area contributed by atoms with Crippen molar-refractivity contribution in [3.63, 3.8) is 0 Å². The van der Waals surface area contributed by atoms with E-state index in [0.717, 1.165) is 6.92 Å². The summed E-state index contributed by atoms with van der Waals surface area (Å²) < 4.78 is 12.9. The lowest BCUT2D eigenvalue weighted by molar-refractivity contribution is -0.158. The summed E-state index contributed by atoms with van der Waals surface area (Å²) in [5, 5.41) is 44.5. The number of rotatable bonds is 16. The Balaban J connectivity index is 2.62. The third kappa shape index (κ3) is 9.74. The average molecular weight is 543 g/mol. The summed E-state index contributed by atoms with van der Waals surface area (Å²) in [5.41, 5.74) is -1.55. The summed E-state index contributed by atoms with van der Waals surface area (Å²) in [6.07, 6.45) is -2.48. The summed E-state index contributed by atoms with van der Waals surface area (Å²) in [5.74, 6) is -4.15. The van der Waals surface area contributed by atoms with Gasteiger partial charge in [-0.25, -0.2) is 14.0 Å². The highest BCUT2D eigenvalue weighted by Crippen LogP contribution is 2.19. The second-order valence-electron chi connectivity index (χ2n) is 8.36. The number of amides is 4. The minimum Gasteiger partial charge on any atom is -0.481 e. The van der Waals surface area contributed by atoms with E-state index in [1.807, 2.05) is 5.32 Å². The molecule has 3 atom stereocenters. The first-order chi connectivity index (χ1) is 17.9. The molecule has 0 fully saturated rings. The Hall–Kier alpha value is -4.11. The molecule has 0 spiro atoms. The van der Waals surface area contributed by atoms with E-state index in [-0.39, 0.29) is 42.7 Å². The standard InChI is InChI=1S/C23H31FN4O10/c1-14(24)19(33)26-16-6-4-15(5-7-16)20(34)25-11-3-2-10-23(12-29,13-30)28(38)22(37)27-17(21(35)36)8-9-18(31)32/h4-7,12,14,17,30,38H,2-3,8-11,13H2,1H3,(H,25,34)(H,26,33)(H,27,37)(H,31,32)(H,35,36)/t14?,17-,23?/m0/s1. The van der Waals surface area contributed by atoms with E-state index in [0.29, 0.717) is 5.69 Å². The number of carboxylic acids is 2. The largest absolute Gasteiger partial charge is 0.481 e. The number of aliphatic carboxylic acids is 2. The number of carboxylic acid groups (broad SMARTS) is 2. The molecule has 7 N–H and O–H groups in total. The van der Waals surface area contributed by atoms with Crippen molar-refractivity contribution in [1.82, 2.24) is 15.7 Å². The Bertz CT molecular complexity index is 1000. The van der Waals surface area contributed by atoms with Crippen molar-refractivity contribution >= 4 is 41.8 Å². The van der Waals surface area contributed by atoms with Crippen LogP contribution in [0.15, 0.2) is 24.3 Å².